The van der Waals surface area contributed by atoms with E-state index in [4.69, 9.17) is 4.74 Å². The fourth-order valence-corrected chi connectivity index (χ4v) is 3.49. The molecule has 0 saturated carbocycles. The molecule has 0 saturated heterocycles. The van der Waals surface area contributed by atoms with Crippen molar-refractivity contribution in [2.24, 2.45) is 0 Å². The molecule has 0 amide bonds. The predicted octanol–water partition coefficient (Wildman–Crippen LogP) is 4.33. The Morgan fingerprint density at radius 2 is 2.00 bits per heavy atom. The molecule has 0 radical (unpaired) electrons. The number of imidazole rings is 1. The van der Waals surface area contributed by atoms with Crippen LogP contribution in [0.15, 0.2) is 66.4 Å². The number of fused-ring (bicyclic) bond motifs is 3. The van der Waals surface area contributed by atoms with Gasteiger partial charge in [0.05, 0.1) is 22.6 Å². The van der Waals surface area contributed by atoms with Gasteiger partial charge in [-0.05, 0) is 36.8 Å². The highest BCUT2D eigenvalue weighted by molar-refractivity contribution is 5.94. The van der Waals surface area contributed by atoms with E-state index in [1.165, 1.54) is 18.2 Å². The topological polar surface area (TPSA) is 56.1 Å². The lowest BCUT2D eigenvalue weighted by Gasteiger charge is -2.30. The first-order valence-corrected chi connectivity index (χ1v) is 8.68. The Hall–Kier alpha value is -3.48. The second kappa shape index (κ2) is 6.92. The molecule has 2 heterocycles. The van der Waals surface area contributed by atoms with Crippen LogP contribution < -0.4 is 5.32 Å². The number of anilines is 1. The quantitative estimate of drug-likeness (QED) is 0.540. The first-order chi connectivity index (χ1) is 13.5. The number of para-hydroxylation sites is 2. The van der Waals surface area contributed by atoms with Gasteiger partial charge in [0.15, 0.2) is 0 Å². The normalized spacial score (nSPS) is 15.9. The average Bonchev–Trinajstić information content (AvgIpc) is 3.01. The first kappa shape index (κ1) is 17.9. The number of ether oxygens (including phenoxy) is 1. The Bertz CT molecular complexity index is 1110. The number of aromatic nitrogens is 2. The summed E-state index contributed by atoms with van der Waals surface area (Å²) in [6, 6.07) is 9.77. The lowest BCUT2D eigenvalue weighted by molar-refractivity contribution is -0.138. The van der Waals surface area contributed by atoms with Crippen LogP contribution in [-0.4, -0.2) is 22.1 Å². The molecule has 28 heavy (non-hydrogen) atoms. The van der Waals surface area contributed by atoms with E-state index in [9.17, 15) is 13.6 Å². The van der Waals surface area contributed by atoms with Crippen LogP contribution in [0.3, 0.4) is 0 Å². The molecule has 0 bridgehead atoms. The molecule has 0 spiro atoms. The van der Waals surface area contributed by atoms with Crippen LogP contribution in [0.5, 0.6) is 0 Å². The molecule has 142 valence electrons. The number of carbonyl (C=O) groups excluding carboxylic acids is 1. The third-order valence-corrected chi connectivity index (χ3v) is 4.58. The first-order valence-electron chi connectivity index (χ1n) is 8.68. The summed E-state index contributed by atoms with van der Waals surface area (Å²) in [5, 5.41) is 3.10. The van der Waals surface area contributed by atoms with Crippen molar-refractivity contribution < 1.29 is 18.3 Å². The van der Waals surface area contributed by atoms with E-state index < -0.39 is 23.6 Å². The maximum absolute atomic E-state index is 14.0. The zero-order chi connectivity index (χ0) is 19.8. The van der Waals surface area contributed by atoms with E-state index in [0.29, 0.717) is 17.2 Å². The van der Waals surface area contributed by atoms with Crippen LogP contribution >= 0.6 is 0 Å². The van der Waals surface area contributed by atoms with Gasteiger partial charge < -0.3 is 10.1 Å². The molecule has 0 fully saturated rings. The van der Waals surface area contributed by atoms with Crippen molar-refractivity contribution >= 4 is 23.0 Å². The Balaban J connectivity index is 1.97. The molecule has 0 aliphatic carbocycles. The molecular weight excluding hydrogens is 364 g/mol. The molecule has 1 aromatic heterocycles. The molecule has 1 atom stereocenters. The number of esters is 1. The molecule has 4 rings (SSSR count). The van der Waals surface area contributed by atoms with Gasteiger partial charge in [0.2, 0.25) is 5.95 Å². The van der Waals surface area contributed by atoms with Crippen LogP contribution in [0.1, 0.15) is 18.5 Å². The molecule has 5 nitrogen and oxygen atoms in total. The number of benzene rings is 2. The number of allylic oxidation sites excluding steroid dienone is 1. The number of rotatable bonds is 4. The largest absolute Gasteiger partial charge is 0.458 e. The highest BCUT2D eigenvalue weighted by atomic mass is 19.1. The molecular formula is C21H17F2N3O2. The van der Waals surface area contributed by atoms with Crippen LogP contribution in [-0.2, 0) is 9.53 Å². The highest BCUT2D eigenvalue weighted by Gasteiger charge is 2.35. The van der Waals surface area contributed by atoms with E-state index in [1.807, 2.05) is 24.3 Å². The Morgan fingerprint density at radius 1 is 1.29 bits per heavy atom. The second-order valence-electron chi connectivity index (χ2n) is 6.45. The highest BCUT2D eigenvalue weighted by Crippen LogP contribution is 2.39. The second-order valence-corrected chi connectivity index (χ2v) is 6.45. The van der Waals surface area contributed by atoms with Crippen molar-refractivity contribution in [2.75, 3.05) is 11.9 Å². The smallest absolute Gasteiger partial charge is 0.338 e. The third-order valence-electron chi connectivity index (χ3n) is 4.58. The maximum Gasteiger partial charge on any atom is 0.338 e. The fourth-order valence-electron chi connectivity index (χ4n) is 3.49. The van der Waals surface area contributed by atoms with Gasteiger partial charge in [0, 0.05) is 11.8 Å². The van der Waals surface area contributed by atoms with Crippen LogP contribution in [0, 0.1) is 11.6 Å². The van der Waals surface area contributed by atoms with Crippen molar-refractivity contribution in [2.45, 2.75) is 13.0 Å². The summed E-state index contributed by atoms with van der Waals surface area (Å²) in [6.45, 7) is 5.27. The monoisotopic (exact) mass is 381 g/mol. The number of nitrogens with zero attached hydrogens (tertiary/aromatic N) is 2. The zero-order valence-corrected chi connectivity index (χ0v) is 15.1. The number of carbonyl (C=O) groups is 1. The summed E-state index contributed by atoms with van der Waals surface area (Å²) in [4.78, 5) is 17.3. The minimum absolute atomic E-state index is 0.0252. The number of hydrogen-bond acceptors (Lipinski definition) is 4. The summed E-state index contributed by atoms with van der Waals surface area (Å²) in [7, 11) is 0. The van der Waals surface area contributed by atoms with Crippen molar-refractivity contribution in [1.82, 2.24) is 9.55 Å². The van der Waals surface area contributed by atoms with Crippen LogP contribution in [0.2, 0.25) is 0 Å². The lowest BCUT2D eigenvalue weighted by Crippen LogP contribution is -2.29. The maximum atomic E-state index is 14.0. The number of hydrogen-bond donors (Lipinski definition) is 1. The molecule has 2 aromatic carbocycles. The molecule has 1 unspecified atom stereocenters. The predicted molar refractivity (Wildman–Crippen MR) is 102 cm³/mol. The van der Waals surface area contributed by atoms with E-state index in [2.05, 4.69) is 16.9 Å². The number of halogens is 2. The van der Waals surface area contributed by atoms with Gasteiger partial charge in [-0.15, -0.1) is 0 Å². The molecule has 7 heteroatoms. The Kier molecular flexibility index (Phi) is 4.43. The van der Waals surface area contributed by atoms with Gasteiger partial charge in [-0.1, -0.05) is 24.8 Å². The summed E-state index contributed by atoms with van der Waals surface area (Å²) < 4.78 is 35.0. The van der Waals surface area contributed by atoms with Gasteiger partial charge >= 0.3 is 5.97 Å². The molecule has 1 N–H and O–H groups in total. The van der Waals surface area contributed by atoms with Crippen LogP contribution in [0.25, 0.3) is 11.0 Å². The minimum Gasteiger partial charge on any atom is -0.458 e. The standard InChI is InChI=1S/C21H17F2N3O2/c1-3-8-28-20(27)18-12(2)24-21-25-16-6-4-5-7-17(16)26(21)19(18)13-9-14(22)11-15(23)10-13/h3-7,9-11,19H,1,8H2,2H3,(H,24,25). The van der Waals surface area contributed by atoms with E-state index >= 15 is 0 Å². The third kappa shape index (κ3) is 2.94. The van der Waals surface area contributed by atoms with E-state index in [0.717, 1.165) is 11.6 Å². The summed E-state index contributed by atoms with van der Waals surface area (Å²) in [5.74, 6) is -1.57. The average molecular weight is 381 g/mol. The lowest BCUT2D eigenvalue weighted by atomic mass is 9.95. The van der Waals surface area contributed by atoms with Crippen molar-refractivity contribution in [3.63, 3.8) is 0 Å². The Labute approximate surface area is 159 Å². The van der Waals surface area contributed by atoms with E-state index in [-0.39, 0.29) is 17.7 Å². The van der Waals surface area contributed by atoms with Crippen molar-refractivity contribution in [1.29, 1.82) is 0 Å². The van der Waals surface area contributed by atoms with Gasteiger partial charge in [0.25, 0.3) is 0 Å². The zero-order valence-electron chi connectivity index (χ0n) is 15.1. The summed E-state index contributed by atoms with van der Waals surface area (Å²) >= 11 is 0. The summed E-state index contributed by atoms with van der Waals surface area (Å²) in [5.41, 5.74) is 2.46. The van der Waals surface area contributed by atoms with Gasteiger partial charge in [-0.25, -0.2) is 18.6 Å². The summed E-state index contributed by atoms with van der Waals surface area (Å²) in [6.07, 6.45) is 1.46. The number of nitrogens with one attached hydrogen (secondary N) is 1. The van der Waals surface area contributed by atoms with Gasteiger partial charge in [-0.2, -0.15) is 0 Å². The Morgan fingerprint density at radius 3 is 2.71 bits per heavy atom. The van der Waals surface area contributed by atoms with Crippen molar-refractivity contribution in [3.8, 4) is 0 Å². The van der Waals surface area contributed by atoms with Crippen molar-refractivity contribution in [3.05, 3.63) is 83.6 Å². The SMILES string of the molecule is C=CCOC(=O)C1=C(C)Nc2nc3ccccc3n2C1c1cc(F)cc(F)c1. The fraction of sp³-hybridized carbons (Fsp3) is 0.143. The minimum atomic E-state index is -0.800. The van der Waals surface area contributed by atoms with E-state index in [1.54, 1.807) is 11.5 Å². The van der Waals surface area contributed by atoms with Gasteiger partial charge in [0.1, 0.15) is 18.2 Å². The molecule has 3 aromatic rings. The van der Waals surface area contributed by atoms with Gasteiger partial charge in [-0.3, -0.25) is 4.57 Å². The molecule has 1 aliphatic rings. The van der Waals surface area contributed by atoms with Crippen LogP contribution in [0.4, 0.5) is 14.7 Å². The molecule has 1 aliphatic heterocycles.